The molecule has 1 heterocycles. The van der Waals surface area contributed by atoms with Crippen LogP contribution in [0.4, 0.5) is 9.52 Å². The summed E-state index contributed by atoms with van der Waals surface area (Å²) in [6.45, 7) is 2.41. The summed E-state index contributed by atoms with van der Waals surface area (Å²) in [5.74, 6) is 0.591. The van der Waals surface area contributed by atoms with Crippen molar-refractivity contribution in [2.45, 2.75) is 19.9 Å². The Labute approximate surface area is 111 Å². The molecule has 0 atom stereocenters. The minimum absolute atomic E-state index is 0.221. The molecule has 0 unspecified atom stereocenters. The SMILES string of the molecule is CCc1nsc(NCc2cc(Br)ccc2F)n1. The maximum absolute atomic E-state index is 13.5. The van der Waals surface area contributed by atoms with Crippen LogP contribution in [0.15, 0.2) is 22.7 Å². The fourth-order valence-electron chi connectivity index (χ4n) is 1.32. The van der Waals surface area contributed by atoms with E-state index < -0.39 is 0 Å². The van der Waals surface area contributed by atoms with Gasteiger partial charge in [-0.1, -0.05) is 22.9 Å². The van der Waals surface area contributed by atoms with Gasteiger partial charge in [0.25, 0.3) is 0 Å². The number of nitrogens with one attached hydrogen (secondary N) is 1. The highest BCUT2D eigenvalue weighted by atomic mass is 79.9. The Morgan fingerprint density at radius 3 is 3.00 bits per heavy atom. The number of halogens is 2. The lowest BCUT2D eigenvalue weighted by Crippen LogP contribution is -2.01. The minimum Gasteiger partial charge on any atom is -0.356 e. The van der Waals surface area contributed by atoms with Crippen molar-refractivity contribution in [3.05, 3.63) is 39.9 Å². The van der Waals surface area contributed by atoms with Crippen molar-refractivity contribution in [1.82, 2.24) is 9.36 Å². The van der Waals surface area contributed by atoms with Crippen LogP contribution < -0.4 is 5.32 Å². The maximum Gasteiger partial charge on any atom is 0.202 e. The van der Waals surface area contributed by atoms with Gasteiger partial charge in [0.1, 0.15) is 11.6 Å². The van der Waals surface area contributed by atoms with Crippen LogP contribution >= 0.6 is 27.5 Å². The summed E-state index contributed by atoms with van der Waals surface area (Å²) in [6, 6.07) is 4.88. The Hall–Kier alpha value is -1.01. The molecular formula is C11H11BrFN3S. The van der Waals surface area contributed by atoms with E-state index >= 15 is 0 Å². The number of hydrogen-bond donors (Lipinski definition) is 1. The Bertz CT molecular complexity index is 515. The molecule has 3 nitrogen and oxygen atoms in total. The largest absolute Gasteiger partial charge is 0.356 e. The van der Waals surface area contributed by atoms with E-state index in [9.17, 15) is 4.39 Å². The Balaban J connectivity index is 2.04. The molecule has 0 aliphatic heterocycles. The molecule has 1 aromatic carbocycles. The van der Waals surface area contributed by atoms with Crippen LogP contribution in [-0.4, -0.2) is 9.36 Å². The molecule has 2 rings (SSSR count). The summed E-state index contributed by atoms with van der Waals surface area (Å²) in [4.78, 5) is 4.26. The predicted molar refractivity (Wildman–Crippen MR) is 70.7 cm³/mol. The molecule has 0 aliphatic carbocycles. The van der Waals surface area contributed by atoms with Crippen LogP contribution in [-0.2, 0) is 13.0 Å². The molecule has 17 heavy (non-hydrogen) atoms. The van der Waals surface area contributed by atoms with Crippen LogP contribution in [0, 0.1) is 5.82 Å². The van der Waals surface area contributed by atoms with E-state index in [0.29, 0.717) is 12.1 Å². The summed E-state index contributed by atoms with van der Waals surface area (Å²) in [5, 5.41) is 3.79. The number of nitrogens with zero attached hydrogens (tertiary/aromatic N) is 2. The molecule has 0 aliphatic rings. The number of aryl methyl sites for hydroxylation is 1. The van der Waals surface area contributed by atoms with Gasteiger partial charge in [-0.15, -0.1) is 0 Å². The zero-order valence-electron chi connectivity index (χ0n) is 9.20. The van der Waals surface area contributed by atoms with E-state index in [1.807, 2.05) is 6.92 Å². The first-order valence-electron chi connectivity index (χ1n) is 5.19. The van der Waals surface area contributed by atoms with Gasteiger partial charge in [0.15, 0.2) is 0 Å². The van der Waals surface area contributed by atoms with Crippen molar-refractivity contribution in [2.75, 3.05) is 5.32 Å². The standard InChI is InChI=1S/C11H11BrFN3S/c1-2-10-15-11(17-16-10)14-6-7-5-8(12)3-4-9(7)13/h3-5H,2,6H2,1H3,(H,14,15,16). The molecule has 0 saturated carbocycles. The van der Waals surface area contributed by atoms with Gasteiger partial charge >= 0.3 is 0 Å². The lowest BCUT2D eigenvalue weighted by atomic mass is 10.2. The summed E-state index contributed by atoms with van der Waals surface area (Å²) in [6.07, 6.45) is 0.809. The number of rotatable bonds is 4. The van der Waals surface area contributed by atoms with Crippen LogP contribution in [0.5, 0.6) is 0 Å². The van der Waals surface area contributed by atoms with Crippen molar-refractivity contribution in [3.8, 4) is 0 Å². The molecule has 0 saturated heterocycles. The van der Waals surface area contributed by atoms with E-state index in [2.05, 4.69) is 30.6 Å². The smallest absolute Gasteiger partial charge is 0.202 e. The molecule has 0 spiro atoms. The summed E-state index contributed by atoms with van der Waals surface area (Å²) >= 11 is 4.62. The molecule has 2 aromatic rings. The lowest BCUT2D eigenvalue weighted by Gasteiger charge is -2.04. The van der Waals surface area contributed by atoms with Crippen molar-refractivity contribution < 1.29 is 4.39 Å². The maximum atomic E-state index is 13.5. The highest BCUT2D eigenvalue weighted by Crippen LogP contribution is 2.18. The van der Waals surface area contributed by atoms with Gasteiger partial charge in [-0.2, -0.15) is 4.37 Å². The molecule has 0 radical (unpaired) electrons. The Kier molecular flexibility index (Phi) is 4.06. The summed E-state index contributed by atoms with van der Waals surface area (Å²) in [5.41, 5.74) is 0.604. The lowest BCUT2D eigenvalue weighted by molar-refractivity contribution is 0.612. The van der Waals surface area contributed by atoms with E-state index in [1.165, 1.54) is 17.6 Å². The van der Waals surface area contributed by atoms with E-state index in [0.717, 1.165) is 21.8 Å². The third-order valence-corrected chi connectivity index (χ3v) is 3.43. The van der Waals surface area contributed by atoms with Crippen LogP contribution in [0.2, 0.25) is 0 Å². The van der Waals surface area contributed by atoms with Crippen molar-refractivity contribution in [2.24, 2.45) is 0 Å². The van der Waals surface area contributed by atoms with Gasteiger partial charge in [-0.3, -0.25) is 0 Å². The first-order chi connectivity index (χ1) is 8.19. The molecule has 0 amide bonds. The van der Waals surface area contributed by atoms with E-state index in [1.54, 1.807) is 12.1 Å². The average Bonchev–Trinajstić information content (AvgIpc) is 2.78. The number of aromatic nitrogens is 2. The van der Waals surface area contributed by atoms with Crippen molar-refractivity contribution in [3.63, 3.8) is 0 Å². The fraction of sp³-hybridized carbons (Fsp3) is 0.273. The highest BCUT2D eigenvalue weighted by molar-refractivity contribution is 9.10. The molecular weight excluding hydrogens is 305 g/mol. The van der Waals surface area contributed by atoms with Crippen molar-refractivity contribution in [1.29, 1.82) is 0 Å². The predicted octanol–water partition coefficient (Wildman–Crippen LogP) is 3.61. The normalized spacial score (nSPS) is 10.5. The third kappa shape index (κ3) is 3.23. The Morgan fingerprint density at radius 1 is 1.47 bits per heavy atom. The molecule has 0 fully saturated rings. The molecule has 1 aromatic heterocycles. The van der Waals surface area contributed by atoms with Gasteiger partial charge in [-0.05, 0) is 18.2 Å². The summed E-state index contributed by atoms with van der Waals surface area (Å²) in [7, 11) is 0. The van der Waals surface area contributed by atoms with Crippen LogP contribution in [0.25, 0.3) is 0 Å². The third-order valence-electron chi connectivity index (χ3n) is 2.22. The average molecular weight is 316 g/mol. The van der Waals surface area contributed by atoms with Gasteiger partial charge in [0.05, 0.1) is 0 Å². The highest BCUT2D eigenvalue weighted by Gasteiger charge is 2.05. The topological polar surface area (TPSA) is 37.8 Å². The fourth-order valence-corrected chi connectivity index (χ4v) is 2.37. The quantitative estimate of drug-likeness (QED) is 0.936. The zero-order valence-corrected chi connectivity index (χ0v) is 11.6. The van der Waals surface area contributed by atoms with Gasteiger partial charge in [0, 0.05) is 34.5 Å². The monoisotopic (exact) mass is 315 g/mol. The van der Waals surface area contributed by atoms with Gasteiger partial charge < -0.3 is 5.32 Å². The second kappa shape index (κ2) is 5.55. The first-order valence-corrected chi connectivity index (χ1v) is 6.76. The molecule has 1 N–H and O–H groups in total. The zero-order chi connectivity index (χ0) is 12.3. The van der Waals surface area contributed by atoms with Gasteiger partial charge in [0.2, 0.25) is 5.13 Å². The number of hydrogen-bond acceptors (Lipinski definition) is 4. The van der Waals surface area contributed by atoms with Crippen molar-refractivity contribution >= 4 is 32.6 Å². The van der Waals surface area contributed by atoms with Gasteiger partial charge in [-0.25, -0.2) is 9.37 Å². The number of benzene rings is 1. The number of anilines is 1. The minimum atomic E-state index is -0.221. The van der Waals surface area contributed by atoms with E-state index in [4.69, 9.17) is 0 Å². The summed E-state index contributed by atoms with van der Waals surface area (Å²) < 4.78 is 18.5. The van der Waals surface area contributed by atoms with Crippen LogP contribution in [0.3, 0.4) is 0 Å². The first kappa shape index (κ1) is 12.4. The second-order valence-corrected chi connectivity index (χ2v) is 5.13. The molecule has 6 heteroatoms. The Morgan fingerprint density at radius 2 is 2.29 bits per heavy atom. The van der Waals surface area contributed by atoms with Crippen LogP contribution in [0.1, 0.15) is 18.3 Å². The second-order valence-electron chi connectivity index (χ2n) is 3.46. The molecule has 0 bridgehead atoms. The van der Waals surface area contributed by atoms with E-state index in [-0.39, 0.29) is 5.82 Å². The molecule has 90 valence electrons.